The van der Waals surface area contributed by atoms with E-state index in [0.29, 0.717) is 17.5 Å². The standard InChI is InChI=1S/C19H29N5O2/c1-11-7-13(8-11)23(2)9-12-3-4-15(17(26)16(12)25)24-6-5-14-18(20)21-10-22-19(14)24/h5-6,10-13,15-17,25-26H,3-4,7-9H2,1-2H3,(H2,20,21,22)/t11?,12-,13?,15?,16-,17+/m1/s1. The van der Waals surface area contributed by atoms with Crippen LogP contribution in [-0.2, 0) is 0 Å². The molecule has 0 aromatic carbocycles. The third-order valence-electron chi connectivity index (χ3n) is 6.45. The highest BCUT2D eigenvalue weighted by molar-refractivity contribution is 5.86. The van der Waals surface area contributed by atoms with Gasteiger partial charge in [-0.3, -0.25) is 0 Å². The van der Waals surface area contributed by atoms with Gasteiger partial charge in [-0.05, 0) is 44.7 Å². The Balaban J connectivity index is 1.47. The fraction of sp³-hybridized carbons (Fsp3) is 0.684. The van der Waals surface area contributed by atoms with Crippen LogP contribution in [0.3, 0.4) is 0 Å². The second-order valence-electron chi connectivity index (χ2n) is 8.28. The number of nitrogen functional groups attached to an aromatic ring is 1. The molecule has 7 heteroatoms. The Hall–Kier alpha value is -1.70. The van der Waals surface area contributed by atoms with E-state index in [2.05, 4.69) is 28.8 Å². The highest BCUT2D eigenvalue weighted by Gasteiger charge is 2.40. The molecule has 2 aliphatic rings. The van der Waals surface area contributed by atoms with E-state index in [1.54, 1.807) is 0 Å². The number of anilines is 1. The summed E-state index contributed by atoms with van der Waals surface area (Å²) in [4.78, 5) is 10.7. The van der Waals surface area contributed by atoms with Crippen LogP contribution in [0.5, 0.6) is 0 Å². The zero-order valence-corrected chi connectivity index (χ0v) is 15.5. The zero-order chi connectivity index (χ0) is 18.4. The van der Waals surface area contributed by atoms with Gasteiger partial charge >= 0.3 is 0 Å². The van der Waals surface area contributed by atoms with Crippen LogP contribution in [0.1, 0.15) is 38.6 Å². The summed E-state index contributed by atoms with van der Waals surface area (Å²) in [5, 5.41) is 22.4. The van der Waals surface area contributed by atoms with E-state index in [1.807, 2.05) is 16.8 Å². The first kappa shape index (κ1) is 17.7. The molecular weight excluding hydrogens is 330 g/mol. The first-order valence-corrected chi connectivity index (χ1v) is 9.59. The van der Waals surface area contributed by atoms with Gasteiger partial charge in [-0.2, -0.15) is 0 Å². The number of aliphatic hydroxyl groups is 2. The summed E-state index contributed by atoms with van der Waals surface area (Å²) in [6.45, 7) is 3.12. The van der Waals surface area contributed by atoms with Gasteiger partial charge in [0.1, 0.15) is 23.9 Å². The van der Waals surface area contributed by atoms with Gasteiger partial charge in [-0.1, -0.05) is 6.92 Å². The van der Waals surface area contributed by atoms with Crippen LogP contribution in [0, 0.1) is 11.8 Å². The molecule has 0 amide bonds. The minimum absolute atomic E-state index is 0.101. The van der Waals surface area contributed by atoms with Crippen LogP contribution in [0.25, 0.3) is 11.0 Å². The summed E-state index contributed by atoms with van der Waals surface area (Å²) in [5.74, 6) is 1.35. The Morgan fingerprint density at radius 3 is 2.73 bits per heavy atom. The Bertz CT molecular complexity index is 772. The van der Waals surface area contributed by atoms with Crippen LogP contribution in [0.4, 0.5) is 5.82 Å². The van der Waals surface area contributed by atoms with Gasteiger partial charge in [0, 0.05) is 24.7 Å². The van der Waals surface area contributed by atoms with Crippen molar-refractivity contribution in [1.29, 1.82) is 0 Å². The van der Waals surface area contributed by atoms with Crippen molar-refractivity contribution in [2.24, 2.45) is 11.8 Å². The summed E-state index contributed by atoms with van der Waals surface area (Å²) >= 11 is 0. The topological polar surface area (TPSA) is 100 Å². The lowest BCUT2D eigenvalue weighted by molar-refractivity contribution is -0.0812. The normalized spacial score (nSPS) is 35.0. The van der Waals surface area contributed by atoms with E-state index in [-0.39, 0.29) is 12.0 Å². The Labute approximate surface area is 153 Å². The lowest BCUT2D eigenvalue weighted by atomic mass is 9.78. The van der Waals surface area contributed by atoms with Gasteiger partial charge in [0.15, 0.2) is 0 Å². The predicted octanol–water partition coefficient (Wildman–Crippen LogP) is 1.42. The number of rotatable bonds is 4. The summed E-state index contributed by atoms with van der Waals surface area (Å²) in [7, 11) is 2.14. The van der Waals surface area contributed by atoms with Crippen LogP contribution < -0.4 is 5.73 Å². The number of hydrogen-bond donors (Lipinski definition) is 3. The fourth-order valence-electron chi connectivity index (χ4n) is 4.73. The second kappa shape index (κ2) is 6.79. The number of aliphatic hydroxyl groups excluding tert-OH is 2. The molecule has 1 unspecified atom stereocenters. The van der Waals surface area contributed by atoms with Gasteiger partial charge < -0.3 is 25.4 Å². The maximum Gasteiger partial charge on any atom is 0.145 e. The molecule has 7 nitrogen and oxygen atoms in total. The van der Waals surface area contributed by atoms with Crippen molar-refractivity contribution in [3.63, 3.8) is 0 Å². The molecule has 4 rings (SSSR count). The van der Waals surface area contributed by atoms with Crippen molar-refractivity contribution in [2.45, 2.75) is 56.9 Å². The average Bonchev–Trinajstić information content (AvgIpc) is 3.01. The molecule has 0 bridgehead atoms. The number of nitrogens with zero attached hydrogens (tertiary/aromatic N) is 4. The van der Waals surface area contributed by atoms with E-state index < -0.39 is 12.2 Å². The van der Waals surface area contributed by atoms with E-state index in [0.717, 1.165) is 30.7 Å². The largest absolute Gasteiger partial charge is 0.390 e. The zero-order valence-electron chi connectivity index (χ0n) is 15.5. The van der Waals surface area contributed by atoms with Crippen LogP contribution in [-0.4, -0.2) is 61.5 Å². The summed E-state index contributed by atoms with van der Waals surface area (Å²) < 4.78 is 1.94. The van der Waals surface area contributed by atoms with Crippen molar-refractivity contribution in [1.82, 2.24) is 19.4 Å². The monoisotopic (exact) mass is 359 g/mol. The molecule has 0 spiro atoms. The number of fused-ring (bicyclic) bond motifs is 1. The predicted molar refractivity (Wildman–Crippen MR) is 101 cm³/mol. The summed E-state index contributed by atoms with van der Waals surface area (Å²) in [6, 6.07) is 2.31. The molecule has 4 atom stereocenters. The first-order valence-electron chi connectivity index (χ1n) is 9.59. The average molecular weight is 359 g/mol. The van der Waals surface area contributed by atoms with Crippen molar-refractivity contribution in [3.8, 4) is 0 Å². The molecule has 0 radical (unpaired) electrons. The third-order valence-corrected chi connectivity index (χ3v) is 6.45. The highest BCUT2D eigenvalue weighted by Crippen LogP contribution is 2.37. The van der Waals surface area contributed by atoms with Gasteiger partial charge in [-0.25, -0.2) is 9.97 Å². The summed E-state index contributed by atoms with van der Waals surface area (Å²) in [6.07, 6.45) is 5.96. The second-order valence-corrected chi connectivity index (χ2v) is 8.28. The SMILES string of the molecule is CC1CC(N(C)C[C@H]2CCC(n3ccc4c(N)ncnc43)[C@H](O)[C@@H]2O)C1. The van der Waals surface area contributed by atoms with Crippen molar-refractivity contribution >= 4 is 16.9 Å². The van der Waals surface area contributed by atoms with Crippen LogP contribution in [0.15, 0.2) is 18.6 Å². The minimum Gasteiger partial charge on any atom is -0.390 e. The molecule has 142 valence electrons. The lowest BCUT2D eigenvalue weighted by Gasteiger charge is -2.44. The Morgan fingerprint density at radius 2 is 2.00 bits per heavy atom. The highest BCUT2D eigenvalue weighted by atomic mass is 16.3. The van der Waals surface area contributed by atoms with E-state index in [9.17, 15) is 10.2 Å². The molecular formula is C19H29N5O2. The van der Waals surface area contributed by atoms with Gasteiger partial charge in [-0.15, -0.1) is 0 Å². The molecule has 2 saturated carbocycles. The molecule has 2 heterocycles. The van der Waals surface area contributed by atoms with E-state index >= 15 is 0 Å². The van der Waals surface area contributed by atoms with Crippen molar-refractivity contribution < 1.29 is 10.2 Å². The quantitative estimate of drug-likeness (QED) is 0.763. The molecule has 4 N–H and O–H groups in total. The third kappa shape index (κ3) is 2.98. The molecule has 2 aromatic heterocycles. The maximum atomic E-state index is 10.8. The molecule has 2 aliphatic carbocycles. The number of hydrogen-bond acceptors (Lipinski definition) is 6. The Morgan fingerprint density at radius 1 is 1.23 bits per heavy atom. The number of aromatic nitrogens is 3. The molecule has 26 heavy (non-hydrogen) atoms. The van der Waals surface area contributed by atoms with Crippen LogP contribution >= 0.6 is 0 Å². The lowest BCUT2D eigenvalue weighted by Crippen LogP contribution is -2.50. The Kier molecular flexibility index (Phi) is 4.62. The van der Waals surface area contributed by atoms with Gasteiger partial charge in [0.05, 0.1) is 17.5 Å². The molecule has 0 aliphatic heterocycles. The van der Waals surface area contributed by atoms with Crippen LogP contribution in [0.2, 0.25) is 0 Å². The van der Waals surface area contributed by atoms with Gasteiger partial charge in [0.2, 0.25) is 0 Å². The van der Waals surface area contributed by atoms with E-state index in [1.165, 1.54) is 19.2 Å². The molecule has 2 fully saturated rings. The fourth-order valence-corrected chi connectivity index (χ4v) is 4.73. The molecule has 0 saturated heterocycles. The maximum absolute atomic E-state index is 10.8. The summed E-state index contributed by atoms with van der Waals surface area (Å²) in [5.41, 5.74) is 6.63. The van der Waals surface area contributed by atoms with Gasteiger partial charge in [0.25, 0.3) is 0 Å². The number of nitrogens with two attached hydrogens (primary N) is 1. The van der Waals surface area contributed by atoms with Crippen molar-refractivity contribution in [3.05, 3.63) is 18.6 Å². The van der Waals surface area contributed by atoms with E-state index in [4.69, 9.17) is 5.73 Å². The van der Waals surface area contributed by atoms with Crippen molar-refractivity contribution in [2.75, 3.05) is 19.3 Å². The smallest absolute Gasteiger partial charge is 0.145 e. The molecule has 2 aromatic rings. The first-order chi connectivity index (χ1) is 12.5. The minimum atomic E-state index is -0.811.